The maximum atomic E-state index is 9.46. The van der Waals surface area contributed by atoms with E-state index >= 15 is 0 Å². The second-order valence-electron chi connectivity index (χ2n) is 7.46. The summed E-state index contributed by atoms with van der Waals surface area (Å²) in [5, 5.41) is 9.46. The molecule has 0 spiro atoms. The molecule has 30 heavy (non-hydrogen) atoms. The van der Waals surface area contributed by atoms with Gasteiger partial charge in [-0.1, -0.05) is 6.07 Å². The summed E-state index contributed by atoms with van der Waals surface area (Å²) < 4.78 is 13.4. The van der Waals surface area contributed by atoms with Crippen LogP contribution in [0.2, 0.25) is 0 Å². The van der Waals surface area contributed by atoms with E-state index in [-0.39, 0.29) is 0 Å². The summed E-state index contributed by atoms with van der Waals surface area (Å²) in [6.07, 6.45) is 3.18. The van der Waals surface area contributed by atoms with Crippen molar-refractivity contribution >= 4 is 23.4 Å². The Morgan fingerprint density at radius 1 is 0.933 bits per heavy atom. The van der Waals surface area contributed by atoms with Crippen molar-refractivity contribution in [3.8, 4) is 11.5 Å². The van der Waals surface area contributed by atoms with Gasteiger partial charge < -0.3 is 23.8 Å². The summed E-state index contributed by atoms with van der Waals surface area (Å²) in [7, 11) is 3.41. The molecule has 1 N–H and O–H groups in total. The lowest BCUT2D eigenvalue weighted by atomic mass is 10.1. The quantitative estimate of drug-likeness (QED) is 0.673. The molecule has 2 heterocycles. The van der Waals surface area contributed by atoms with Gasteiger partial charge in [-0.3, -0.25) is 4.90 Å². The average molecular weight is 428 g/mol. The van der Waals surface area contributed by atoms with E-state index < -0.39 is 0 Å². The van der Waals surface area contributed by atoms with E-state index in [4.69, 9.17) is 9.47 Å². The van der Waals surface area contributed by atoms with E-state index in [9.17, 15) is 5.11 Å². The maximum Gasteiger partial charge on any atom is 0.147 e. The fourth-order valence-electron chi connectivity index (χ4n) is 3.96. The summed E-state index contributed by atoms with van der Waals surface area (Å²) in [6, 6.07) is 13.6. The van der Waals surface area contributed by atoms with E-state index in [1.165, 1.54) is 5.69 Å². The van der Waals surface area contributed by atoms with Crippen LogP contribution in [0, 0.1) is 0 Å². The van der Waals surface area contributed by atoms with Crippen LogP contribution in [-0.4, -0.2) is 67.8 Å². The smallest absolute Gasteiger partial charge is 0.147 e. The third-order valence-electron chi connectivity index (χ3n) is 5.59. The molecule has 1 fully saturated rings. The van der Waals surface area contributed by atoms with Gasteiger partial charge in [-0.15, -0.1) is 0 Å². The van der Waals surface area contributed by atoms with Gasteiger partial charge in [-0.25, -0.2) is 0 Å². The van der Waals surface area contributed by atoms with Crippen LogP contribution in [0.5, 0.6) is 11.5 Å². The molecular formula is C23H29N3O3S. The van der Waals surface area contributed by atoms with Gasteiger partial charge in [0.1, 0.15) is 17.3 Å². The van der Waals surface area contributed by atoms with Gasteiger partial charge in [-0.05, 0) is 61.3 Å². The largest absolute Gasteiger partial charge is 0.508 e. The normalized spacial score (nSPS) is 16.8. The minimum Gasteiger partial charge on any atom is -0.508 e. The van der Waals surface area contributed by atoms with Crippen LogP contribution in [0.1, 0.15) is 12.0 Å². The molecule has 0 aromatic heterocycles. The van der Waals surface area contributed by atoms with Gasteiger partial charge in [-0.2, -0.15) is 0 Å². The van der Waals surface area contributed by atoms with Crippen molar-refractivity contribution in [1.29, 1.82) is 0 Å². The van der Waals surface area contributed by atoms with Crippen LogP contribution < -0.4 is 9.64 Å². The number of anilines is 1. The van der Waals surface area contributed by atoms with Crippen molar-refractivity contribution in [3.05, 3.63) is 54.2 Å². The van der Waals surface area contributed by atoms with Crippen molar-refractivity contribution in [2.24, 2.45) is 0 Å². The molecule has 0 unspecified atom stereocenters. The Morgan fingerprint density at radius 3 is 2.40 bits per heavy atom. The summed E-state index contributed by atoms with van der Waals surface area (Å²) in [4.78, 5) is 6.08. The third-order valence-corrected chi connectivity index (χ3v) is 6.65. The van der Waals surface area contributed by atoms with E-state index in [1.54, 1.807) is 38.3 Å². The highest BCUT2D eigenvalue weighted by Gasteiger charge is 2.23. The zero-order valence-corrected chi connectivity index (χ0v) is 18.4. The minimum atomic E-state index is 0.319. The summed E-state index contributed by atoms with van der Waals surface area (Å²) in [6.45, 7) is 6.21. The van der Waals surface area contributed by atoms with Crippen molar-refractivity contribution in [2.75, 3.05) is 58.4 Å². The molecule has 2 aromatic carbocycles. The Balaban J connectivity index is 1.27. The number of fused-ring (bicyclic) bond motifs is 1. The number of aromatic hydroxyl groups is 1. The molecule has 6 nitrogen and oxygen atoms in total. The lowest BCUT2D eigenvalue weighted by Gasteiger charge is -2.36. The van der Waals surface area contributed by atoms with Gasteiger partial charge in [0.15, 0.2) is 0 Å². The second-order valence-corrected chi connectivity index (χ2v) is 8.55. The number of piperazine rings is 1. The Bertz CT molecular complexity index is 880. The van der Waals surface area contributed by atoms with E-state index in [0.717, 1.165) is 67.7 Å². The van der Waals surface area contributed by atoms with Crippen LogP contribution in [0.3, 0.4) is 0 Å². The lowest BCUT2D eigenvalue weighted by Crippen LogP contribution is -2.46. The molecular weight excluding hydrogens is 398 g/mol. The summed E-state index contributed by atoms with van der Waals surface area (Å²) in [5.41, 5.74) is 2.22. The molecule has 0 aliphatic carbocycles. The molecule has 2 aliphatic heterocycles. The molecule has 0 atom stereocenters. The zero-order chi connectivity index (χ0) is 20.9. The number of ether oxygens (including phenoxy) is 2. The van der Waals surface area contributed by atoms with Crippen LogP contribution >= 0.6 is 11.9 Å². The van der Waals surface area contributed by atoms with E-state index in [0.29, 0.717) is 5.75 Å². The molecule has 0 radical (unpaired) electrons. The fraction of sp³-hybridized carbons (Fsp3) is 0.391. The summed E-state index contributed by atoms with van der Waals surface area (Å²) in [5.74, 6) is 2.02. The van der Waals surface area contributed by atoms with Crippen molar-refractivity contribution in [2.45, 2.75) is 11.3 Å². The Morgan fingerprint density at radius 2 is 1.70 bits per heavy atom. The predicted octanol–water partition coefficient (Wildman–Crippen LogP) is 3.88. The number of phenolic OH excluding ortho intramolecular Hbond substituents is 1. The fourth-order valence-corrected chi connectivity index (χ4v) is 5.01. The SMILES string of the molecule is COC1=CN(CCCN2CCN(c3ccc(O)cc3)CC2)Sc2cccc(OC)c21. The van der Waals surface area contributed by atoms with E-state index in [1.807, 2.05) is 24.3 Å². The first kappa shape index (κ1) is 20.8. The maximum absolute atomic E-state index is 9.46. The number of hydrogen-bond donors (Lipinski definition) is 1. The topological polar surface area (TPSA) is 48.4 Å². The molecule has 0 saturated carbocycles. The van der Waals surface area contributed by atoms with Crippen LogP contribution in [0.15, 0.2) is 53.6 Å². The highest BCUT2D eigenvalue weighted by molar-refractivity contribution is 7.97. The van der Waals surface area contributed by atoms with Gasteiger partial charge in [0.05, 0.1) is 26.0 Å². The standard InChI is InChI=1S/C23H29N3O3S/c1-28-20-5-3-6-22-23(20)21(29-2)17-26(30-22)12-4-11-24-13-15-25(16-14-24)18-7-9-19(27)10-8-18/h3,5-10,17,27H,4,11-16H2,1-2H3. The molecule has 7 heteroatoms. The predicted molar refractivity (Wildman–Crippen MR) is 122 cm³/mol. The first-order chi connectivity index (χ1) is 14.7. The molecule has 0 amide bonds. The number of methoxy groups -OCH3 is 2. The number of rotatable bonds is 7. The second kappa shape index (κ2) is 9.53. The van der Waals surface area contributed by atoms with Crippen LogP contribution in [0.25, 0.3) is 5.76 Å². The number of nitrogens with zero attached hydrogens (tertiary/aromatic N) is 3. The van der Waals surface area contributed by atoms with Gasteiger partial charge in [0, 0.05) is 43.3 Å². The first-order valence-corrected chi connectivity index (χ1v) is 11.1. The highest BCUT2D eigenvalue weighted by atomic mass is 32.2. The molecule has 1 saturated heterocycles. The monoisotopic (exact) mass is 427 g/mol. The van der Waals surface area contributed by atoms with Gasteiger partial charge >= 0.3 is 0 Å². The summed E-state index contributed by atoms with van der Waals surface area (Å²) >= 11 is 1.74. The number of hydrogen-bond acceptors (Lipinski definition) is 7. The van der Waals surface area contributed by atoms with Crippen molar-refractivity contribution in [1.82, 2.24) is 9.21 Å². The highest BCUT2D eigenvalue weighted by Crippen LogP contribution is 2.41. The van der Waals surface area contributed by atoms with Crippen LogP contribution in [0.4, 0.5) is 5.69 Å². The number of benzene rings is 2. The Labute approximate surface area is 182 Å². The number of phenols is 1. The van der Waals surface area contributed by atoms with Gasteiger partial charge in [0.2, 0.25) is 0 Å². The Hall–Kier alpha value is -2.51. The zero-order valence-electron chi connectivity index (χ0n) is 17.6. The van der Waals surface area contributed by atoms with Crippen molar-refractivity contribution < 1.29 is 14.6 Å². The lowest BCUT2D eigenvalue weighted by molar-refractivity contribution is 0.251. The first-order valence-electron chi connectivity index (χ1n) is 10.3. The molecule has 160 valence electrons. The minimum absolute atomic E-state index is 0.319. The van der Waals surface area contributed by atoms with Crippen LogP contribution in [-0.2, 0) is 4.74 Å². The molecule has 2 aromatic rings. The Kier molecular flexibility index (Phi) is 6.59. The van der Waals surface area contributed by atoms with E-state index in [2.05, 4.69) is 26.4 Å². The average Bonchev–Trinajstić information content (AvgIpc) is 2.79. The molecule has 2 aliphatic rings. The molecule has 4 rings (SSSR count). The van der Waals surface area contributed by atoms with Crippen molar-refractivity contribution in [3.63, 3.8) is 0 Å². The third kappa shape index (κ3) is 4.63. The van der Waals surface area contributed by atoms with Gasteiger partial charge in [0.25, 0.3) is 0 Å². The molecule has 0 bridgehead atoms.